The number of rotatable bonds is 47. The molecule has 0 heterocycles. The van der Waals surface area contributed by atoms with Gasteiger partial charge < -0.3 is 14.2 Å². The first-order valence-corrected chi connectivity index (χ1v) is 25.8. The summed E-state index contributed by atoms with van der Waals surface area (Å²) in [5.41, 5.74) is 0. The Labute approximate surface area is 366 Å². The number of hydrogen-bond acceptors (Lipinski definition) is 6. The lowest BCUT2D eigenvalue weighted by molar-refractivity contribution is -0.167. The highest BCUT2D eigenvalue weighted by Gasteiger charge is 2.19. The summed E-state index contributed by atoms with van der Waals surface area (Å²) in [6.45, 7) is 6.62. The number of hydrogen-bond donors (Lipinski definition) is 0. The fourth-order valence-electron chi connectivity index (χ4n) is 7.53. The summed E-state index contributed by atoms with van der Waals surface area (Å²) in [7, 11) is 0. The van der Waals surface area contributed by atoms with Crippen LogP contribution in [0.4, 0.5) is 0 Å². The maximum atomic E-state index is 12.8. The number of unbranched alkanes of at least 4 members (excludes halogenated alkanes) is 32. The van der Waals surface area contributed by atoms with Crippen molar-refractivity contribution in [2.24, 2.45) is 0 Å². The van der Waals surface area contributed by atoms with Crippen molar-refractivity contribution in [2.75, 3.05) is 13.2 Å². The molecule has 6 heteroatoms. The molecule has 0 N–H and O–H groups in total. The number of ether oxygens (including phenoxy) is 3. The highest BCUT2D eigenvalue weighted by atomic mass is 16.6. The van der Waals surface area contributed by atoms with Gasteiger partial charge in [0.2, 0.25) is 0 Å². The van der Waals surface area contributed by atoms with Gasteiger partial charge in [0.15, 0.2) is 6.10 Å². The second-order valence-electron chi connectivity index (χ2n) is 17.4. The highest BCUT2D eigenvalue weighted by Crippen LogP contribution is 2.16. The van der Waals surface area contributed by atoms with Gasteiger partial charge in [0.1, 0.15) is 13.2 Å². The van der Waals surface area contributed by atoms with E-state index in [1.54, 1.807) is 0 Å². The molecule has 0 aromatic rings. The summed E-state index contributed by atoms with van der Waals surface area (Å²) in [5, 5.41) is 0. The maximum Gasteiger partial charge on any atom is 0.306 e. The van der Waals surface area contributed by atoms with Crippen LogP contribution in [0.5, 0.6) is 0 Å². The van der Waals surface area contributed by atoms with Crippen LogP contribution in [-0.4, -0.2) is 37.2 Å². The van der Waals surface area contributed by atoms with Crippen LogP contribution in [0.25, 0.3) is 0 Å². The number of esters is 3. The fraction of sp³-hybridized carbons (Fsp3) is 0.868. The van der Waals surface area contributed by atoms with Gasteiger partial charge in [0, 0.05) is 19.3 Å². The lowest BCUT2D eigenvalue weighted by atomic mass is 10.0. The van der Waals surface area contributed by atoms with Crippen LogP contribution in [0, 0.1) is 0 Å². The Morgan fingerprint density at radius 2 is 0.610 bits per heavy atom. The first kappa shape index (κ1) is 56.9. The fourth-order valence-corrected chi connectivity index (χ4v) is 7.53. The highest BCUT2D eigenvalue weighted by molar-refractivity contribution is 5.71. The minimum atomic E-state index is -0.770. The predicted octanol–water partition coefficient (Wildman–Crippen LogP) is 16.8. The lowest BCUT2D eigenvalue weighted by Crippen LogP contribution is -2.30. The molecular weight excluding hydrogens is 733 g/mol. The molecule has 0 radical (unpaired) electrons. The second-order valence-corrected chi connectivity index (χ2v) is 17.4. The first-order valence-electron chi connectivity index (χ1n) is 25.8. The summed E-state index contributed by atoms with van der Waals surface area (Å²) in [4.78, 5) is 37.9. The van der Waals surface area contributed by atoms with Gasteiger partial charge in [-0.25, -0.2) is 0 Å². The van der Waals surface area contributed by atoms with Crippen molar-refractivity contribution in [1.82, 2.24) is 0 Å². The SMILES string of the molecule is CCCCCC=CCC=CCCCCCCCC(=O)OC[C@@H](COC(=O)CCCCCCCCCCCCCCCCC)OC(=O)CCCCCCCCCCCCC. The zero-order valence-corrected chi connectivity index (χ0v) is 39.5. The first-order chi connectivity index (χ1) is 29.0. The van der Waals surface area contributed by atoms with Crippen molar-refractivity contribution < 1.29 is 28.6 Å². The number of carbonyl (C=O) groups is 3. The minimum absolute atomic E-state index is 0.0709. The Kier molecular flexibility index (Phi) is 46.8. The summed E-state index contributed by atoms with van der Waals surface area (Å²) in [6.07, 6.45) is 54.4. The second kappa shape index (κ2) is 48.6. The van der Waals surface area contributed by atoms with Crippen molar-refractivity contribution in [2.45, 2.75) is 284 Å². The summed E-state index contributed by atoms with van der Waals surface area (Å²) in [5.74, 6) is -0.872. The zero-order chi connectivity index (χ0) is 43.0. The third-order valence-electron chi connectivity index (χ3n) is 11.5. The van der Waals surface area contributed by atoms with E-state index in [1.165, 1.54) is 161 Å². The van der Waals surface area contributed by atoms with Gasteiger partial charge in [-0.3, -0.25) is 14.4 Å². The molecule has 0 spiro atoms. The molecular formula is C53H98O6. The van der Waals surface area contributed by atoms with Gasteiger partial charge >= 0.3 is 17.9 Å². The van der Waals surface area contributed by atoms with Gasteiger partial charge in [0.05, 0.1) is 0 Å². The average Bonchev–Trinajstić information content (AvgIpc) is 3.23. The summed E-state index contributed by atoms with van der Waals surface area (Å²) >= 11 is 0. The normalized spacial score (nSPS) is 12.1. The van der Waals surface area contributed by atoms with Crippen molar-refractivity contribution in [3.8, 4) is 0 Å². The Hall–Kier alpha value is -2.11. The van der Waals surface area contributed by atoms with Crippen molar-refractivity contribution in [1.29, 1.82) is 0 Å². The molecule has 0 aliphatic heterocycles. The van der Waals surface area contributed by atoms with Crippen LogP contribution in [0.2, 0.25) is 0 Å². The van der Waals surface area contributed by atoms with Crippen molar-refractivity contribution in [3.05, 3.63) is 24.3 Å². The van der Waals surface area contributed by atoms with Crippen LogP contribution >= 0.6 is 0 Å². The quantitative estimate of drug-likeness (QED) is 0.0263. The van der Waals surface area contributed by atoms with E-state index in [-0.39, 0.29) is 31.1 Å². The smallest absolute Gasteiger partial charge is 0.306 e. The molecule has 346 valence electrons. The molecule has 0 bridgehead atoms. The van der Waals surface area contributed by atoms with Gasteiger partial charge in [-0.2, -0.15) is 0 Å². The number of carbonyl (C=O) groups excluding carboxylic acids is 3. The van der Waals surface area contributed by atoms with E-state index in [0.717, 1.165) is 77.0 Å². The summed E-state index contributed by atoms with van der Waals surface area (Å²) in [6, 6.07) is 0. The molecule has 0 aromatic carbocycles. The van der Waals surface area contributed by atoms with Crippen LogP contribution in [0.15, 0.2) is 24.3 Å². The van der Waals surface area contributed by atoms with E-state index in [2.05, 4.69) is 45.1 Å². The standard InChI is InChI=1S/C53H98O6/c1-4-7-10-13-16-19-22-24-26-28-31-33-36-39-42-45-51(54)57-48-50(59-53(56)47-44-41-38-35-30-21-18-15-12-9-6-3)49-58-52(55)46-43-40-37-34-32-29-27-25-23-20-17-14-11-8-5-2/h16,19,24,26,50H,4-15,17-18,20-23,25,27-49H2,1-3H3/t50-/m0/s1. The Morgan fingerprint density at radius 1 is 0.339 bits per heavy atom. The maximum absolute atomic E-state index is 12.8. The molecule has 59 heavy (non-hydrogen) atoms. The van der Waals surface area contributed by atoms with Crippen LogP contribution in [0.1, 0.15) is 278 Å². The predicted molar refractivity (Wildman–Crippen MR) is 252 cm³/mol. The number of allylic oxidation sites excluding steroid dienone is 4. The van der Waals surface area contributed by atoms with Gasteiger partial charge in [0.25, 0.3) is 0 Å². The van der Waals surface area contributed by atoms with Gasteiger partial charge in [-0.15, -0.1) is 0 Å². The lowest BCUT2D eigenvalue weighted by Gasteiger charge is -2.18. The Bertz CT molecular complexity index is 958. The topological polar surface area (TPSA) is 78.9 Å². The van der Waals surface area contributed by atoms with Crippen molar-refractivity contribution >= 4 is 17.9 Å². The molecule has 0 aliphatic carbocycles. The van der Waals surface area contributed by atoms with E-state index >= 15 is 0 Å². The van der Waals surface area contributed by atoms with Crippen molar-refractivity contribution in [3.63, 3.8) is 0 Å². The third kappa shape index (κ3) is 46.8. The summed E-state index contributed by atoms with van der Waals surface area (Å²) < 4.78 is 16.8. The molecule has 0 rings (SSSR count). The van der Waals surface area contributed by atoms with E-state index in [9.17, 15) is 14.4 Å². The Morgan fingerprint density at radius 3 is 0.966 bits per heavy atom. The Balaban J connectivity index is 4.33. The molecule has 0 aromatic heterocycles. The molecule has 0 fully saturated rings. The molecule has 0 amide bonds. The monoisotopic (exact) mass is 831 g/mol. The average molecular weight is 831 g/mol. The molecule has 0 unspecified atom stereocenters. The molecule has 0 saturated heterocycles. The molecule has 6 nitrogen and oxygen atoms in total. The molecule has 1 atom stereocenters. The van der Waals surface area contributed by atoms with Gasteiger partial charge in [-0.1, -0.05) is 231 Å². The van der Waals surface area contributed by atoms with E-state index in [1.807, 2.05) is 0 Å². The molecule has 0 saturated carbocycles. The van der Waals surface area contributed by atoms with Crippen LogP contribution < -0.4 is 0 Å². The van der Waals surface area contributed by atoms with E-state index < -0.39 is 6.10 Å². The largest absolute Gasteiger partial charge is 0.462 e. The van der Waals surface area contributed by atoms with E-state index in [4.69, 9.17) is 14.2 Å². The third-order valence-corrected chi connectivity index (χ3v) is 11.5. The van der Waals surface area contributed by atoms with Gasteiger partial charge in [-0.05, 0) is 51.4 Å². The van der Waals surface area contributed by atoms with Crippen LogP contribution in [-0.2, 0) is 28.6 Å². The van der Waals surface area contributed by atoms with Crippen LogP contribution in [0.3, 0.4) is 0 Å². The molecule has 0 aliphatic rings. The minimum Gasteiger partial charge on any atom is -0.462 e. The van der Waals surface area contributed by atoms with E-state index in [0.29, 0.717) is 19.3 Å². The zero-order valence-electron chi connectivity index (χ0n) is 39.5.